The zero-order chi connectivity index (χ0) is 26.7. The summed E-state index contributed by atoms with van der Waals surface area (Å²) in [4.78, 5) is 28.3. The van der Waals surface area contributed by atoms with Crippen LogP contribution in [-0.2, 0) is 16.1 Å². The van der Waals surface area contributed by atoms with Gasteiger partial charge in [-0.25, -0.2) is 4.79 Å². The van der Waals surface area contributed by atoms with E-state index in [2.05, 4.69) is 28.1 Å². The average Bonchev–Trinajstić information content (AvgIpc) is 3.37. The molecule has 0 unspecified atom stereocenters. The molecule has 38 heavy (non-hydrogen) atoms. The molecular formula is C28H45BrN4O3S2. The number of benzene rings is 1. The van der Waals surface area contributed by atoms with Crippen molar-refractivity contribution in [3.05, 3.63) is 35.9 Å². The SMILES string of the molecule is Br.CC(C)(C)OC(=O)N1CSC[C@H]1C(=O)N[C@H](CCC1CCCCC1)C(=S)NCCNCc1ccccc1. The summed E-state index contributed by atoms with van der Waals surface area (Å²) in [6.07, 6.45) is 7.85. The van der Waals surface area contributed by atoms with Gasteiger partial charge in [-0.15, -0.1) is 28.7 Å². The monoisotopic (exact) mass is 628 g/mol. The first-order valence-electron chi connectivity index (χ1n) is 13.6. The molecule has 3 rings (SSSR count). The molecular weight excluding hydrogens is 584 g/mol. The lowest BCUT2D eigenvalue weighted by Gasteiger charge is -2.30. The van der Waals surface area contributed by atoms with E-state index in [9.17, 15) is 9.59 Å². The average molecular weight is 630 g/mol. The van der Waals surface area contributed by atoms with Crippen molar-refractivity contribution >= 4 is 58.0 Å². The van der Waals surface area contributed by atoms with E-state index in [1.807, 2.05) is 39.0 Å². The van der Waals surface area contributed by atoms with Crippen molar-refractivity contribution in [2.75, 3.05) is 24.7 Å². The fourth-order valence-corrected chi connectivity index (χ4v) is 6.22. The number of thiocarbonyl (C=S) groups is 1. The maximum Gasteiger partial charge on any atom is 0.411 e. The van der Waals surface area contributed by atoms with E-state index in [0.29, 0.717) is 29.1 Å². The van der Waals surface area contributed by atoms with Crippen LogP contribution in [0, 0.1) is 5.92 Å². The van der Waals surface area contributed by atoms with Crippen molar-refractivity contribution in [1.29, 1.82) is 0 Å². The van der Waals surface area contributed by atoms with Crippen molar-refractivity contribution in [3.63, 3.8) is 0 Å². The number of hydrogen-bond acceptors (Lipinski definition) is 6. The number of rotatable bonds is 11. The molecule has 1 saturated carbocycles. The van der Waals surface area contributed by atoms with Crippen molar-refractivity contribution in [1.82, 2.24) is 20.9 Å². The molecule has 1 aromatic rings. The standard InChI is InChI=1S/C28H44N4O3S2.BrH/c1-28(2,3)35-27(34)32-20-37-19-24(32)25(33)31-23(15-14-21-10-6-4-7-11-21)26(36)30-17-16-29-18-22-12-8-5-9-13-22;/h5,8-9,12-13,21,23-24,29H,4,6-7,10-11,14-20H2,1-3H3,(H,30,36)(H,31,33);1H/t23-,24+;/m1./s1. The lowest BCUT2D eigenvalue weighted by Crippen LogP contribution is -2.54. The van der Waals surface area contributed by atoms with Gasteiger partial charge in [-0.1, -0.05) is 74.7 Å². The van der Waals surface area contributed by atoms with Gasteiger partial charge in [0.1, 0.15) is 11.6 Å². The maximum absolute atomic E-state index is 13.4. The number of carbonyl (C=O) groups is 2. The van der Waals surface area contributed by atoms with E-state index in [-0.39, 0.29) is 28.9 Å². The summed E-state index contributed by atoms with van der Waals surface area (Å²) in [5, 5.41) is 9.98. The minimum atomic E-state index is -0.603. The molecule has 1 aliphatic carbocycles. The molecule has 3 N–H and O–H groups in total. The number of hydrogen-bond donors (Lipinski definition) is 3. The Hall–Kier alpha value is -1.36. The first kappa shape index (κ1) is 32.8. The molecule has 1 heterocycles. The molecule has 1 aromatic carbocycles. The van der Waals surface area contributed by atoms with Crippen LogP contribution in [0.1, 0.15) is 71.3 Å². The second-order valence-corrected chi connectivity index (χ2v) is 12.5. The van der Waals surface area contributed by atoms with Gasteiger partial charge in [0.15, 0.2) is 0 Å². The second kappa shape index (κ2) is 16.7. The van der Waals surface area contributed by atoms with Crippen LogP contribution < -0.4 is 16.0 Å². The number of carbonyl (C=O) groups excluding carboxylic acids is 2. The van der Waals surface area contributed by atoms with Gasteiger partial charge in [0.25, 0.3) is 0 Å². The van der Waals surface area contributed by atoms with E-state index >= 15 is 0 Å². The molecule has 0 radical (unpaired) electrons. The van der Waals surface area contributed by atoms with Crippen molar-refractivity contribution in [2.45, 2.75) is 89.9 Å². The highest BCUT2D eigenvalue weighted by Gasteiger charge is 2.38. The van der Waals surface area contributed by atoms with E-state index in [0.717, 1.165) is 25.9 Å². The van der Waals surface area contributed by atoms with E-state index in [1.165, 1.54) is 42.6 Å². The number of nitrogens with zero attached hydrogens (tertiary/aromatic N) is 1. The fourth-order valence-electron chi connectivity index (χ4n) is 4.80. The Morgan fingerprint density at radius 3 is 2.53 bits per heavy atom. The Labute approximate surface area is 248 Å². The highest BCUT2D eigenvalue weighted by Crippen LogP contribution is 2.28. The quantitative estimate of drug-likeness (QED) is 0.223. The smallest absolute Gasteiger partial charge is 0.411 e. The second-order valence-electron chi connectivity index (χ2n) is 11.1. The molecule has 2 fully saturated rings. The Kier molecular flexibility index (Phi) is 14.4. The van der Waals surface area contributed by atoms with Gasteiger partial charge in [0.05, 0.1) is 16.9 Å². The van der Waals surface area contributed by atoms with Crippen LogP contribution in [-0.4, -0.2) is 64.3 Å². The highest BCUT2D eigenvalue weighted by atomic mass is 79.9. The van der Waals surface area contributed by atoms with E-state index < -0.39 is 17.7 Å². The maximum atomic E-state index is 13.4. The minimum absolute atomic E-state index is 0. The largest absolute Gasteiger partial charge is 0.444 e. The molecule has 2 atom stereocenters. The Balaban J connectivity index is 0.00000507. The van der Waals surface area contributed by atoms with Gasteiger partial charge in [-0.2, -0.15) is 0 Å². The highest BCUT2D eigenvalue weighted by molar-refractivity contribution is 8.93. The van der Waals surface area contributed by atoms with Crippen LogP contribution in [0.15, 0.2) is 30.3 Å². The molecule has 0 bridgehead atoms. The van der Waals surface area contributed by atoms with E-state index in [4.69, 9.17) is 17.0 Å². The molecule has 0 aromatic heterocycles. The molecule has 10 heteroatoms. The normalized spacial score (nSPS) is 18.8. The summed E-state index contributed by atoms with van der Waals surface area (Å²) in [5.74, 6) is 1.55. The molecule has 2 amide bonds. The molecule has 2 aliphatic rings. The third-order valence-electron chi connectivity index (χ3n) is 6.81. The first-order valence-corrected chi connectivity index (χ1v) is 15.2. The summed E-state index contributed by atoms with van der Waals surface area (Å²) in [7, 11) is 0. The minimum Gasteiger partial charge on any atom is -0.444 e. The summed E-state index contributed by atoms with van der Waals surface area (Å²) < 4.78 is 5.54. The van der Waals surface area contributed by atoms with Gasteiger partial charge in [0, 0.05) is 25.4 Å². The van der Waals surface area contributed by atoms with Crippen LogP contribution >= 0.6 is 41.0 Å². The molecule has 0 spiro atoms. The van der Waals surface area contributed by atoms with Gasteiger partial charge in [-0.3, -0.25) is 9.69 Å². The third-order valence-corrected chi connectivity index (χ3v) is 8.25. The molecule has 1 saturated heterocycles. The fraction of sp³-hybridized carbons (Fsp3) is 0.679. The predicted molar refractivity (Wildman–Crippen MR) is 166 cm³/mol. The number of halogens is 1. The number of ether oxygens (including phenoxy) is 1. The lowest BCUT2D eigenvalue weighted by molar-refractivity contribution is -0.125. The van der Waals surface area contributed by atoms with Crippen LogP contribution in [0.4, 0.5) is 4.79 Å². The van der Waals surface area contributed by atoms with Gasteiger partial charge in [-0.05, 0) is 45.1 Å². The molecule has 7 nitrogen and oxygen atoms in total. The van der Waals surface area contributed by atoms with Crippen molar-refractivity contribution in [2.24, 2.45) is 5.92 Å². The van der Waals surface area contributed by atoms with Crippen LogP contribution in [0.3, 0.4) is 0 Å². The van der Waals surface area contributed by atoms with Gasteiger partial charge < -0.3 is 20.7 Å². The summed E-state index contributed by atoms with van der Waals surface area (Å²) in [5.41, 5.74) is 0.639. The van der Waals surface area contributed by atoms with E-state index in [1.54, 1.807) is 11.8 Å². The summed E-state index contributed by atoms with van der Waals surface area (Å²) >= 11 is 7.34. The first-order chi connectivity index (χ1) is 17.7. The van der Waals surface area contributed by atoms with Crippen LogP contribution in [0.2, 0.25) is 0 Å². The topological polar surface area (TPSA) is 82.7 Å². The number of nitrogens with one attached hydrogen (secondary N) is 3. The Morgan fingerprint density at radius 2 is 1.84 bits per heavy atom. The zero-order valence-electron chi connectivity index (χ0n) is 23.0. The summed E-state index contributed by atoms with van der Waals surface area (Å²) in [6.45, 7) is 7.77. The third kappa shape index (κ3) is 11.4. The Bertz CT molecular complexity index is 879. The van der Waals surface area contributed by atoms with Crippen LogP contribution in [0.5, 0.6) is 0 Å². The van der Waals surface area contributed by atoms with Crippen molar-refractivity contribution in [3.8, 4) is 0 Å². The Morgan fingerprint density at radius 1 is 1.13 bits per heavy atom. The van der Waals surface area contributed by atoms with Gasteiger partial charge >= 0.3 is 6.09 Å². The molecule has 214 valence electrons. The zero-order valence-corrected chi connectivity index (χ0v) is 26.3. The van der Waals surface area contributed by atoms with Crippen LogP contribution in [0.25, 0.3) is 0 Å². The lowest BCUT2D eigenvalue weighted by atomic mass is 9.85. The predicted octanol–water partition coefficient (Wildman–Crippen LogP) is 5.43. The molecule has 1 aliphatic heterocycles. The number of amides is 2. The van der Waals surface area contributed by atoms with Gasteiger partial charge in [0.2, 0.25) is 5.91 Å². The van der Waals surface area contributed by atoms with Crippen molar-refractivity contribution < 1.29 is 14.3 Å². The summed E-state index contributed by atoms with van der Waals surface area (Å²) in [6, 6.07) is 9.50. The number of thioether (sulfide) groups is 1.